The molecular formula is C25H31F3N2O2. The summed E-state index contributed by atoms with van der Waals surface area (Å²) in [5.41, 5.74) is 2.55. The van der Waals surface area contributed by atoms with Crippen molar-refractivity contribution >= 4 is 5.91 Å². The number of carbonyl (C=O) groups is 1. The van der Waals surface area contributed by atoms with Crippen LogP contribution in [0.5, 0.6) is 0 Å². The zero-order chi connectivity index (χ0) is 23.0. The normalized spacial score (nSPS) is 15.9. The van der Waals surface area contributed by atoms with Crippen LogP contribution in [0.4, 0.5) is 13.2 Å². The molecule has 1 aliphatic carbocycles. The van der Waals surface area contributed by atoms with Crippen molar-refractivity contribution in [2.24, 2.45) is 5.92 Å². The molecule has 0 heterocycles. The lowest BCUT2D eigenvalue weighted by Gasteiger charge is -2.25. The van der Waals surface area contributed by atoms with Gasteiger partial charge in [-0.3, -0.25) is 4.79 Å². The van der Waals surface area contributed by atoms with E-state index in [1.165, 1.54) is 12.8 Å². The second-order valence-electron chi connectivity index (χ2n) is 8.59. The molecule has 4 nitrogen and oxygen atoms in total. The van der Waals surface area contributed by atoms with Crippen molar-refractivity contribution in [3.05, 3.63) is 71.3 Å². The first kappa shape index (κ1) is 24.3. The maximum atomic E-state index is 12.9. The number of benzene rings is 2. The fraction of sp³-hybridized carbons (Fsp3) is 0.480. The van der Waals surface area contributed by atoms with Gasteiger partial charge in [0.2, 0.25) is 0 Å². The number of nitrogens with one attached hydrogen (secondary N) is 2. The molecule has 2 aromatic carbocycles. The topological polar surface area (TPSA) is 61.4 Å². The highest BCUT2D eigenvalue weighted by atomic mass is 19.4. The van der Waals surface area contributed by atoms with E-state index in [-0.39, 0.29) is 19.0 Å². The van der Waals surface area contributed by atoms with Crippen molar-refractivity contribution in [1.29, 1.82) is 0 Å². The van der Waals surface area contributed by atoms with Crippen LogP contribution in [0.2, 0.25) is 0 Å². The lowest BCUT2D eigenvalue weighted by Crippen LogP contribution is -2.49. The van der Waals surface area contributed by atoms with Crippen molar-refractivity contribution < 1.29 is 23.1 Å². The van der Waals surface area contributed by atoms with Gasteiger partial charge in [0.25, 0.3) is 5.91 Å². The van der Waals surface area contributed by atoms with E-state index in [1.807, 2.05) is 48.5 Å². The van der Waals surface area contributed by atoms with Crippen LogP contribution in [0.15, 0.2) is 54.6 Å². The van der Waals surface area contributed by atoms with Crippen LogP contribution >= 0.6 is 0 Å². The minimum atomic E-state index is -4.25. The van der Waals surface area contributed by atoms with Gasteiger partial charge in [0, 0.05) is 18.7 Å². The molecule has 2 aromatic rings. The van der Waals surface area contributed by atoms with Gasteiger partial charge in [-0.05, 0) is 48.4 Å². The van der Waals surface area contributed by atoms with Gasteiger partial charge < -0.3 is 15.7 Å². The van der Waals surface area contributed by atoms with Crippen LogP contribution in [0, 0.1) is 5.92 Å². The average Bonchev–Trinajstić information content (AvgIpc) is 3.59. The summed E-state index contributed by atoms with van der Waals surface area (Å²) in [6, 6.07) is 16.2. The van der Waals surface area contributed by atoms with Crippen molar-refractivity contribution in [2.75, 3.05) is 13.1 Å². The number of hydrogen-bond donors (Lipinski definition) is 3. The Morgan fingerprint density at radius 2 is 1.78 bits per heavy atom. The van der Waals surface area contributed by atoms with Gasteiger partial charge in [-0.25, -0.2) is 0 Å². The lowest BCUT2D eigenvalue weighted by atomic mass is 9.99. The fourth-order valence-electron chi connectivity index (χ4n) is 3.67. The smallest absolute Gasteiger partial charge is 0.390 e. The third-order valence-corrected chi connectivity index (χ3v) is 5.75. The summed E-state index contributed by atoms with van der Waals surface area (Å²) in [4.78, 5) is 12.9. The number of hydrogen-bond acceptors (Lipinski definition) is 3. The summed E-state index contributed by atoms with van der Waals surface area (Å²) in [6.07, 6.45) is -1.24. The van der Waals surface area contributed by atoms with Gasteiger partial charge >= 0.3 is 6.18 Å². The van der Waals surface area contributed by atoms with Crippen molar-refractivity contribution in [1.82, 2.24) is 10.6 Å². The van der Waals surface area contributed by atoms with Gasteiger partial charge in [0.15, 0.2) is 0 Å². The van der Waals surface area contributed by atoms with Crippen LogP contribution in [0.25, 0.3) is 0 Å². The summed E-state index contributed by atoms with van der Waals surface area (Å²) in [7, 11) is 0. The summed E-state index contributed by atoms with van der Waals surface area (Å²) in [5.74, 6) is 0.510. The molecule has 0 unspecified atom stereocenters. The maximum Gasteiger partial charge on any atom is 0.390 e. The molecule has 0 aliphatic heterocycles. The Morgan fingerprint density at radius 1 is 1.06 bits per heavy atom. The number of rotatable bonds is 12. The predicted octanol–water partition coefficient (Wildman–Crippen LogP) is 4.27. The molecule has 0 aromatic heterocycles. The van der Waals surface area contributed by atoms with E-state index in [1.54, 1.807) is 6.07 Å². The van der Waals surface area contributed by atoms with Crippen molar-refractivity contribution in [3.63, 3.8) is 0 Å². The van der Waals surface area contributed by atoms with Gasteiger partial charge in [-0.2, -0.15) is 13.2 Å². The zero-order valence-corrected chi connectivity index (χ0v) is 18.1. The van der Waals surface area contributed by atoms with Gasteiger partial charge in [0.1, 0.15) is 0 Å². The quantitative estimate of drug-likeness (QED) is 0.425. The zero-order valence-electron chi connectivity index (χ0n) is 18.1. The highest BCUT2D eigenvalue weighted by Crippen LogP contribution is 2.33. The molecule has 3 N–H and O–H groups in total. The third-order valence-electron chi connectivity index (χ3n) is 5.75. The van der Waals surface area contributed by atoms with Crippen molar-refractivity contribution in [2.45, 2.75) is 56.8 Å². The van der Waals surface area contributed by atoms with Crippen LogP contribution in [0.1, 0.15) is 47.2 Å². The second-order valence-corrected chi connectivity index (χ2v) is 8.59. The first-order valence-electron chi connectivity index (χ1n) is 11.2. The molecule has 1 aliphatic rings. The number of aryl methyl sites for hydroxylation is 1. The van der Waals surface area contributed by atoms with E-state index in [4.69, 9.17) is 0 Å². The minimum Gasteiger partial charge on any atom is -0.390 e. The lowest BCUT2D eigenvalue weighted by molar-refractivity contribution is -0.133. The monoisotopic (exact) mass is 448 g/mol. The molecule has 7 heteroatoms. The Hall–Kier alpha value is -2.38. The van der Waals surface area contributed by atoms with E-state index >= 15 is 0 Å². The number of alkyl halides is 3. The molecule has 2 atom stereocenters. The van der Waals surface area contributed by atoms with Crippen LogP contribution in [-0.4, -0.2) is 42.4 Å². The summed E-state index contributed by atoms with van der Waals surface area (Å²) >= 11 is 0. The number of carbonyl (C=O) groups excluding carboxylic acids is 1. The highest BCUT2D eigenvalue weighted by molar-refractivity contribution is 5.94. The molecule has 0 bridgehead atoms. The molecule has 0 saturated heterocycles. The molecule has 0 radical (unpaired) electrons. The number of halogens is 3. The fourth-order valence-corrected chi connectivity index (χ4v) is 3.67. The Balaban J connectivity index is 1.61. The highest BCUT2D eigenvalue weighted by Gasteiger charge is 2.27. The minimum absolute atomic E-state index is 0.0463. The van der Waals surface area contributed by atoms with Gasteiger partial charge in [-0.1, -0.05) is 55.3 Å². The van der Waals surface area contributed by atoms with Crippen molar-refractivity contribution in [3.8, 4) is 0 Å². The van der Waals surface area contributed by atoms with Crippen LogP contribution < -0.4 is 10.6 Å². The Labute approximate surface area is 187 Å². The number of amides is 1. The SMILES string of the molecule is O=C(N[C@@H](Cc1ccccc1)[C@H](O)CNCCC(F)(F)F)c1cccc(CCC2CC2)c1. The van der Waals surface area contributed by atoms with Gasteiger partial charge in [-0.15, -0.1) is 0 Å². The second kappa shape index (κ2) is 11.5. The number of aliphatic hydroxyl groups is 1. The van der Waals surface area contributed by atoms with E-state index in [0.717, 1.165) is 29.9 Å². The van der Waals surface area contributed by atoms with E-state index < -0.39 is 24.7 Å². The molecule has 0 spiro atoms. The maximum absolute atomic E-state index is 12.9. The molecule has 32 heavy (non-hydrogen) atoms. The molecule has 1 fully saturated rings. The first-order chi connectivity index (χ1) is 15.3. The molecule has 3 rings (SSSR count). The molecule has 174 valence electrons. The van der Waals surface area contributed by atoms with E-state index in [2.05, 4.69) is 10.6 Å². The predicted molar refractivity (Wildman–Crippen MR) is 118 cm³/mol. The van der Waals surface area contributed by atoms with Crippen LogP contribution in [-0.2, 0) is 12.8 Å². The van der Waals surface area contributed by atoms with E-state index in [0.29, 0.717) is 12.0 Å². The summed E-state index contributed by atoms with van der Waals surface area (Å²) in [5, 5.41) is 16.2. The Kier molecular flexibility index (Phi) is 8.70. The van der Waals surface area contributed by atoms with Gasteiger partial charge in [0.05, 0.1) is 18.6 Å². The van der Waals surface area contributed by atoms with Crippen LogP contribution in [0.3, 0.4) is 0 Å². The molecule has 1 amide bonds. The third kappa shape index (κ3) is 8.63. The molecule has 1 saturated carbocycles. The number of aliphatic hydroxyl groups excluding tert-OH is 1. The molecular weight excluding hydrogens is 417 g/mol. The average molecular weight is 449 g/mol. The first-order valence-corrected chi connectivity index (χ1v) is 11.2. The summed E-state index contributed by atoms with van der Waals surface area (Å²) < 4.78 is 37.1. The Morgan fingerprint density at radius 3 is 2.47 bits per heavy atom. The van der Waals surface area contributed by atoms with E-state index in [9.17, 15) is 23.1 Å². The Bertz CT molecular complexity index is 854. The largest absolute Gasteiger partial charge is 0.390 e. The summed E-state index contributed by atoms with van der Waals surface area (Å²) in [6.45, 7) is -0.328. The standard InChI is InChI=1S/C25H31F3N2O2/c26-25(27,28)13-14-29-17-23(31)22(16-19-5-2-1-3-6-19)30-24(32)21-8-4-7-20(15-21)12-11-18-9-10-18/h1-8,15,18,22-23,29,31H,9-14,16-17H2,(H,30,32)/t22-,23+/m0/s1.